The minimum atomic E-state index is -0.365. The molecule has 0 radical (unpaired) electrons. The SMILES string of the molecule is CC1C(N)CCCC1C(=O)NC1CCCCC1O. The quantitative estimate of drug-likeness (QED) is 0.692. The van der Waals surface area contributed by atoms with E-state index in [-0.39, 0.29) is 35.9 Å². The molecule has 5 unspecified atom stereocenters. The Morgan fingerprint density at radius 2 is 1.89 bits per heavy atom. The molecule has 104 valence electrons. The number of nitrogens with two attached hydrogens (primary N) is 1. The molecule has 0 aliphatic heterocycles. The predicted molar refractivity (Wildman–Crippen MR) is 70.9 cm³/mol. The number of aliphatic hydroxyl groups is 1. The smallest absolute Gasteiger partial charge is 0.223 e. The molecule has 0 aromatic rings. The standard InChI is InChI=1S/C14H26N2O2/c1-9-10(5-4-6-11(9)15)14(18)16-12-7-2-3-8-13(12)17/h9-13,17H,2-8,15H2,1H3,(H,16,18). The van der Waals surface area contributed by atoms with Crippen molar-refractivity contribution in [1.82, 2.24) is 5.32 Å². The van der Waals surface area contributed by atoms with E-state index >= 15 is 0 Å². The Balaban J connectivity index is 1.90. The second-order valence-corrected chi connectivity index (χ2v) is 6.03. The van der Waals surface area contributed by atoms with Crippen LogP contribution in [0.1, 0.15) is 51.9 Å². The Hall–Kier alpha value is -0.610. The van der Waals surface area contributed by atoms with Gasteiger partial charge in [0.1, 0.15) is 0 Å². The van der Waals surface area contributed by atoms with Crippen LogP contribution >= 0.6 is 0 Å². The third-order valence-electron chi connectivity index (χ3n) is 4.76. The molecule has 5 atom stereocenters. The van der Waals surface area contributed by atoms with Gasteiger partial charge in [-0.1, -0.05) is 26.2 Å². The fourth-order valence-corrected chi connectivity index (χ4v) is 3.34. The molecule has 0 spiro atoms. The number of hydrogen-bond donors (Lipinski definition) is 3. The zero-order chi connectivity index (χ0) is 13.1. The maximum absolute atomic E-state index is 12.3. The second-order valence-electron chi connectivity index (χ2n) is 6.03. The highest BCUT2D eigenvalue weighted by Gasteiger charge is 2.34. The number of nitrogens with one attached hydrogen (secondary N) is 1. The van der Waals surface area contributed by atoms with E-state index in [0.29, 0.717) is 0 Å². The topological polar surface area (TPSA) is 75.4 Å². The van der Waals surface area contributed by atoms with Gasteiger partial charge >= 0.3 is 0 Å². The van der Waals surface area contributed by atoms with E-state index < -0.39 is 0 Å². The van der Waals surface area contributed by atoms with Gasteiger partial charge in [-0.05, 0) is 31.6 Å². The fraction of sp³-hybridized carbons (Fsp3) is 0.929. The average Bonchev–Trinajstić information content (AvgIpc) is 2.35. The summed E-state index contributed by atoms with van der Waals surface area (Å²) in [4.78, 5) is 12.3. The van der Waals surface area contributed by atoms with Crippen molar-refractivity contribution in [2.75, 3.05) is 0 Å². The number of carbonyl (C=O) groups excluding carboxylic acids is 1. The molecule has 4 nitrogen and oxygen atoms in total. The van der Waals surface area contributed by atoms with Crippen molar-refractivity contribution < 1.29 is 9.90 Å². The van der Waals surface area contributed by atoms with Crippen LogP contribution < -0.4 is 11.1 Å². The van der Waals surface area contributed by atoms with Gasteiger partial charge in [0.15, 0.2) is 0 Å². The second kappa shape index (κ2) is 6.02. The molecule has 0 saturated heterocycles. The summed E-state index contributed by atoms with van der Waals surface area (Å²) in [5.74, 6) is 0.381. The minimum Gasteiger partial charge on any atom is -0.391 e. The lowest BCUT2D eigenvalue weighted by Crippen LogP contribution is -2.50. The summed E-state index contributed by atoms with van der Waals surface area (Å²) in [5.41, 5.74) is 6.04. The Labute approximate surface area is 109 Å². The van der Waals surface area contributed by atoms with Gasteiger partial charge in [-0.2, -0.15) is 0 Å². The Morgan fingerprint density at radius 3 is 2.61 bits per heavy atom. The largest absolute Gasteiger partial charge is 0.391 e. The van der Waals surface area contributed by atoms with Crippen LogP contribution in [-0.2, 0) is 4.79 Å². The van der Waals surface area contributed by atoms with Gasteiger partial charge in [0.05, 0.1) is 12.1 Å². The molecule has 18 heavy (non-hydrogen) atoms. The third kappa shape index (κ3) is 3.04. The van der Waals surface area contributed by atoms with E-state index in [4.69, 9.17) is 5.73 Å². The van der Waals surface area contributed by atoms with Crippen molar-refractivity contribution in [1.29, 1.82) is 0 Å². The molecule has 0 aromatic carbocycles. The Kier molecular flexibility index (Phi) is 4.62. The summed E-state index contributed by atoms with van der Waals surface area (Å²) in [6.07, 6.45) is 6.51. The lowest BCUT2D eigenvalue weighted by atomic mass is 9.76. The lowest BCUT2D eigenvalue weighted by molar-refractivity contribution is -0.129. The fourth-order valence-electron chi connectivity index (χ4n) is 3.34. The van der Waals surface area contributed by atoms with Crippen LogP contribution in [0.2, 0.25) is 0 Å². The summed E-state index contributed by atoms with van der Waals surface area (Å²) >= 11 is 0. The molecule has 2 aliphatic rings. The maximum atomic E-state index is 12.3. The summed E-state index contributed by atoms with van der Waals surface area (Å²) in [6.45, 7) is 2.07. The summed E-state index contributed by atoms with van der Waals surface area (Å²) in [7, 11) is 0. The van der Waals surface area contributed by atoms with E-state index in [1.54, 1.807) is 0 Å². The molecule has 0 aromatic heterocycles. The van der Waals surface area contributed by atoms with Crippen LogP contribution in [0.25, 0.3) is 0 Å². The van der Waals surface area contributed by atoms with Crippen molar-refractivity contribution >= 4 is 5.91 Å². The Morgan fingerprint density at radius 1 is 1.17 bits per heavy atom. The third-order valence-corrected chi connectivity index (χ3v) is 4.76. The highest BCUT2D eigenvalue weighted by Crippen LogP contribution is 2.29. The molecule has 0 heterocycles. The molecule has 2 fully saturated rings. The van der Waals surface area contributed by atoms with Gasteiger partial charge < -0.3 is 16.2 Å². The van der Waals surface area contributed by atoms with Crippen LogP contribution in [-0.4, -0.2) is 29.2 Å². The first-order valence-corrected chi connectivity index (χ1v) is 7.33. The van der Waals surface area contributed by atoms with Crippen molar-refractivity contribution in [3.8, 4) is 0 Å². The van der Waals surface area contributed by atoms with E-state index in [0.717, 1.165) is 44.9 Å². The van der Waals surface area contributed by atoms with Gasteiger partial charge in [0.25, 0.3) is 0 Å². The molecule has 2 saturated carbocycles. The average molecular weight is 254 g/mol. The first-order valence-electron chi connectivity index (χ1n) is 7.33. The van der Waals surface area contributed by atoms with Crippen molar-refractivity contribution in [2.45, 2.75) is 70.1 Å². The molecule has 0 bridgehead atoms. The normalized spacial score (nSPS) is 41.4. The lowest BCUT2D eigenvalue weighted by Gasteiger charge is -2.35. The highest BCUT2D eigenvalue weighted by atomic mass is 16.3. The van der Waals surface area contributed by atoms with Gasteiger partial charge in [-0.25, -0.2) is 0 Å². The number of aliphatic hydroxyl groups excluding tert-OH is 1. The Bertz CT molecular complexity index is 296. The van der Waals surface area contributed by atoms with E-state index in [9.17, 15) is 9.90 Å². The molecule has 4 heteroatoms. The van der Waals surface area contributed by atoms with Crippen molar-refractivity contribution in [3.63, 3.8) is 0 Å². The monoisotopic (exact) mass is 254 g/mol. The first-order chi connectivity index (χ1) is 8.59. The van der Waals surface area contributed by atoms with Gasteiger partial charge in [-0.15, -0.1) is 0 Å². The number of carbonyl (C=O) groups is 1. The molecule has 2 aliphatic carbocycles. The summed E-state index contributed by atoms with van der Waals surface area (Å²) < 4.78 is 0. The zero-order valence-electron chi connectivity index (χ0n) is 11.3. The van der Waals surface area contributed by atoms with E-state index in [2.05, 4.69) is 12.2 Å². The molecule has 4 N–H and O–H groups in total. The summed E-state index contributed by atoms with van der Waals surface area (Å²) in [6, 6.07) is 0.0994. The molecular formula is C14H26N2O2. The number of hydrogen-bond acceptors (Lipinski definition) is 3. The van der Waals surface area contributed by atoms with Crippen LogP contribution in [0.15, 0.2) is 0 Å². The zero-order valence-corrected chi connectivity index (χ0v) is 11.3. The van der Waals surface area contributed by atoms with Crippen molar-refractivity contribution in [2.24, 2.45) is 17.6 Å². The van der Waals surface area contributed by atoms with Crippen LogP contribution in [0.3, 0.4) is 0 Å². The molecular weight excluding hydrogens is 228 g/mol. The predicted octanol–water partition coefficient (Wildman–Crippen LogP) is 1.17. The number of rotatable bonds is 2. The van der Waals surface area contributed by atoms with E-state index in [1.165, 1.54) is 0 Å². The van der Waals surface area contributed by atoms with Gasteiger partial charge in [0, 0.05) is 12.0 Å². The number of amides is 1. The minimum absolute atomic E-state index is 0.0304. The van der Waals surface area contributed by atoms with Gasteiger partial charge in [-0.3, -0.25) is 4.79 Å². The van der Waals surface area contributed by atoms with Crippen LogP contribution in [0.4, 0.5) is 0 Å². The van der Waals surface area contributed by atoms with Crippen molar-refractivity contribution in [3.05, 3.63) is 0 Å². The molecule has 2 rings (SSSR count). The highest BCUT2D eigenvalue weighted by molar-refractivity contribution is 5.79. The maximum Gasteiger partial charge on any atom is 0.223 e. The van der Waals surface area contributed by atoms with Gasteiger partial charge in [0.2, 0.25) is 5.91 Å². The summed E-state index contributed by atoms with van der Waals surface area (Å²) in [5, 5.41) is 12.9. The van der Waals surface area contributed by atoms with Crippen LogP contribution in [0, 0.1) is 11.8 Å². The molecule has 1 amide bonds. The van der Waals surface area contributed by atoms with E-state index in [1.807, 2.05) is 0 Å². The first kappa shape index (κ1) is 13.8. The van der Waals surface area contributed by atoms with Crippen LogP contribution in [0.5, 0.6) is 0 Å².